The number of amides is 1. The van der Waals surface area contributed by atoms with Crippen LogP contribution in [0.25, 0.3) is 0 Å². The van der Waals surface area contributed by atoms with Crippen LogP contribution in [0.1, 0.15) is 38.7 Å². The van der Waals surface area contributed by atoms with Gasteiger partial charge in [-0.2, -0.15) is 0 Å². The molecule has 0 aliphatic rings. The molecule has 0 radical (unpaired) electrons. The number of hydrogen-bond donors (Lipinski definition) is 0. The number of methoxy groups -OCH3 is 1. The third-order valence-corrected chi connectivity index (χ3v) is 3.34. The molecule has 0 bridgehead atoms. The predicted molar refractivity (Wildman–Crippen MR) is 78.3 cm³/mol. The molecular formula is C16H23NO3. The predicted octanol–water partition coefficient (Wildman–Crippen LogP) is 2.59. The van der Waals surface area contributed by atoms with E-state index >= 15 is 0 Å². The number of ether oxygens (including phenoxy) is 1. The van der Waals surface area contributed by atoms with Gasteiger partial charge in [0.05, 0.1) is 13.0 Å². The van der Waals surface area contributed by atoms with Crippen molar-refractivity contribution in [2.75, 3.05) is 13.7 Å². The number of rotatable bonds is 6. The molecule has 1 amide bonds. The van der Waals surface area contributed by atoms with Crippen molar-refractivity contribution < 1.29 is 14.3 Å². The zero-order chi connectivity index (χ0) is 15.1. The molecule has 20 heavy (non-hydrogen) atoms. The van der Waals surface area contributed by atoms with Crippen molar-refractivity contribution in [3.05, 3.63) is 35.9 Å². The lowest BCUT2D eigenvalue weighted by Crippen LogP contribution is -2.43. The molecule has 0 saturated heterocycles. The summed E-state index contributed by atoms with van der Waals surface area (Å²) in [6, 6.07) is 9.62. The first-order chi connectivity index (χ1) is 9.51. The Bertz CT molecular complexity index is 442. The molecule has 1 rings (SSSR count). The number of carbonyl (C=O) groups is 2. The second-order valence-electron chi connectivity index (χ2n) is 5.01. The van der Waals surface area contributed by atoms with Gasteiger partial charge in [0.25, 0.3) is 0 Å². The van der Waals surface area contributed by atoms with Crippen LogP contribution in [0.3, 0.4) is 0 Å². The number of carbonyl (C=O) groups excluding carboxylic acids is 2. The highest BCUT2D eigenvalue weighted by Gasteiger charge is 2.27. The first-order valence-electron chi connectivity index (χ1n) is 6.93. The summed E-state index contributed by atoms with van der Waals surface area (Å²) in [7, 11) is 1.33. The lowest BCUT2D eigenvalue weighted by molar-refractivity contribution is -0.148. The van der Waals surface area contributed by atoms with E-state index in [4.69, 9.17) is 0 Å². The van der Waals surface area contributed by atoms with Crippen molar-refractivity contribution in [1.82, 2.24) is 4.90 Å². The molecule has 0 aliphatic carbocycles. The SMILES string of the molecule is CCC(C(=O)N(CC(=O)OC)C(C)C)c1ccccc1. The fourth-order valence-electron chi connectivity index (χ4n) is 2.16. The van der Waals surface area contributed by atoms with Gasteiger partial charge in [-0.15, -0.1) is 0 Å². The number of benzene rings is 1. The Morgan fingerprint density at radius 1 is 1.20 bits per heavy atom. The van der Waals surface area contributed by atoms with Gasteiger partial charge in [0.2, 0.25) is 5.91 Å². The van der Waals surface area contributed by atoms with Crippen molar-refractivity contribution in [2.45, 2.75) is 39.2 Å². The van der Waals surface area contributed by atoms with E-state index in [1.54, 1.807) is 4.90 Å². The van der Waals surface area contributed by atoms with E-state index in [0.29, 0.717) is 6.42 Å². The summed E-state index contributed by atoms with van der Waals surface area (Å²) in [6.07, 6.45) is 0.702. The molecule has 0 aromatic heterocycles. The quantitative estimate of drug-likeness (QED) is 0.751. The van der Waals surface area contributed by atoms with Crippen LogP contribution in [0.15, 0.2) is 30.3 Å². The molecule has 0 aliphatic heterocycles. The van der Waals surface area contributed by atoms with Crippen molar-refractivity contribution in [1.29, 1.82) is 0 Å². The molecule has 1 aromatic rings. The maximum Gasteiger partial charge on any atom is 0.325 e. The number of esters is 1. The summed E-state index contributed by atoms with van der Waals surface area (Å²) >= 11 is 0. The normalized spacial score (nSPS) is 12.1. The number of nitrogens with zero attached hydrogens (tertiary/aromatic N) is 1. The molecule has 1 atom stereocenters. The third kappa shape index (κ3) is 4.08. The maximum absolute atomic E-state index is 12.7. The van der Waals surface area contributed by atoms with Crippen molar-refractivity contribution in [3.63, 3.8) is 0 Å². The van der Waals surface area contributed by atoms with Gasteiger partial charge in [-0.1, -0.05) is 37.3 Å². The summed E-state index contributed by atoms with van der Waals surface area (Å²) in [6.45, 7) is 5.78. The molecule has 1 unspecified atom stereocenters. The summed E-state index contributed by atoms with van der Waals surface area (Å²) < 4.78 is 4.67. The van der Waals surface area contributed by atoms with E-state index in [1.807, 2.05) is 51.1 Å². The Hall–Kier alpha value is -1.84. The Balaban J connectivity index is 2.94. The van der Waals surface area contributed by atoms with Crippen LogP contribution < -0.4 is 0 Å². The molecule has 0 saturated carbocycles. The largest absolute Gasteiger partial charge is 0.468 e. The van der Waals surface area contributed by atoms with Gasteiger partial charge in [-0.25, -0.2) is 0 Å². The lowest BCUT2D eigenvalue weighted by Gasteiger charge is -2.29. The minimum absolute atomic E-state index is 0.00364. The molecule has 4 heteroatoms. The number of hydrogen-bond acceptors (Lipinski definition) is 3. The summed E-state index contributed by atoms with van der Waals surface area (Å²) in [5.74, 6) is -0.641. The molecule has 1 aromatic carbocycles. The second kappa shape index (κ2) is 7.68. The zero-order valence-electron chi connectivity index (χ0n) is 12.6. The van der Waals surface area contributed by atoms with Crippen LogP contribution in [0.5, 0.6) is 0 Å². The smallest absolute Gasteiger partial charge is 0.325 e. The van der Waals surface area contributed by atoms with Crippen LogP contribution >= 0.6 is 0 Å². The average Bonchev–Trinajstić information content (AvgIpc) is 2.45. The van der Waals surface area contributed by atoms with Gasteiger partial charge < -0.3 is 9.64 Å². The summed E-state index contributed by atoms with van der Waals surface area (Å²) in [5.41, 5.74) is 0.982. The topological polar surface area (TPSA) is 46.6 Å². The second-order valence-corrected chi connectivity index (χ2v) is 5.01. The Kier molecular flexibility index (Phi) is 6.22. The van der Waals surface area contributed by atoms with E-state index in [1.165, 1.54) is 7.11 Å². The first kappa shape index (κ1) is 16.2. The van der Waals surface area contributed by atoms with Crippen LogP contribution in [0.2, 0.25) is 0 Å². The highest BCUT2D eigenvalue weighted by molar-refractivity contribution is 5.87. The minimum atomic E-state index is -0.394. The summed E-state index contributed by atoms with van der Waals surface area (Å²) in [4.78, 5) is 25.7. The molecule has 0 heterocycles. The van der Waals surface area contributed by atoms with Crippen molar-refractivity contribution in [2.24, 2.45) is 0 Å². The van der Waals surface area contributed by atoms with Crippen LogP contribution in [-0.2, 0) is 14.3 Å². The third-order valence-electron chi connectivity index (χ3n) is 3.34. The highest BCUT2D eigenvalue weighted by atomic mass is 16.5. The van der Waals surface area contributed by atoms with E-state index < -0.39 is 5.97 Å². The fraction of sp³-hybridized carbons (Fsp3) is 0.500. The lowest BCUT2D eigenvalue weighted by atomic mass is 9.94. The van der Waals surface area contributed by atoms with Crippen LogP contribution in [0, 0.1) is 0 Å². The van der Waals surface area contributed by atoms with Gasteiger partial charge in [0.15, 0.2) is 0 Å². The average molecular weight is 277 g/mol. The standard InChI is InChI=1S/C16H23NO3/c1-5-14(13-9-7-6-8-10-13)16(19)17(12(2)3)11-15(18)20-4/h6-10,12,14H,5,11H2,1-4H3. The molecule has 0 N–H and O–H groups in total. The van der Waals surface area contributed by atoms with Gasteiger partial charge in [0.1, 0.15) is 6.54 Å². The molecule has 4 nitrogen and oxygen atoms in total. The molecule has 0 fully saturated rings. The van der Waals surface area contributed by atoms with Crippen molar-refractivity contribution >= 4 is 11.9 Å². The Morgan fingerprint density at radius 2 is 1.80 bits per heavy atom. The molecule has 110 valence electrons. The monoisotopic (exact) mass is 277 g/mol. The van der Waals surface area contributed by atoms with E-state index in [-0.39, 0.29) is 24.4 Å². The van der Waals surface area contributed by atoms with E-state index in [9.17, 15) is 9.59 Å². The van der Waals surface area contributed by atoms with Crippen molar-refractivity contribution in [3.8, 4) is 0 Å². The summed E-state index contributed by atoms with van der Waals surface area (Å²) in [5, 5.41) is 0. The zero-order valence-corrected chi connectivity index (χ0v) is 12.6. The van der Waals surface area contributed by atoms with Gasteiger partial charge in [-0.3, -0.25) is 9.59 Å². The van der Waals surface area contributed by atoms with E-state index in [0.717, 1.165) is 5.56 Å². The molecule has 0 spiro atoms. The maximum atomic E-state index is 12.7. The van der Waals surface area contributed by atoms with Gasteiger partial charge >= 0.3 is 5.97 Å². The first-order valence-corrected chi connectivity index (χ1v) is 6.93. The fourth-order valence-corrected chi connectivity index (χ4v) is 2.16. The van der Waals surface area contributed by atoms with Gasteiger partial charge in [0, 0.05) is 6.04 Å². The molecular weight excluding hydrogens is 254 g/mol. The van der Waals surface area contributed by atoms with Crippen LogP contribution in [0.4, 0.5) is 0 Å². The van der Waals surface area contributed by atoms with E-state index in [2.05, 4.69) is 4.74 Å². The minimum Gasteiger partial charge on any atom is -0.468 e. The van der Waals surface area contributed by atoms with Crippen LogP contribution in [-0.4, -0.2) is 36.5 Å². The Morgan fingerprint density at radius 3 is 2.25 bits per heavy atom. The van der Waals surface area contributed by atoms with Gasteiger partial charge in [-0.05, 0) is 25.8 Å². The Labute approximate surface area is 120 Å². The highest BCUT2D eigenvalue weighted by Crippen LogP contribution is 2.23.